The van der Waals surface area contributed by atoms with Crippen molar-refractivity contribution in [3.63, 3.8) is 0 Å². The van der Waals surface area contributed by atoms with E-state index in [2.05, 4.69) is 20.8 Å². The van der Waals surface area contributed by atoms with Crippen molar-refractivity contribution in [2.24, 2.45) is 0 Å². The van der Waals surface area contributed by atoms with Crippen LogP contribution in [0.3, 0.4) is 0 Å². The lowest BCUT2D eigenvalue weighted by Crippen LogP contribution is -2.50. The summed E-state index contributed by atoms with van der Waals surface area (Å²) in [7, 11) is 0. The second kappa shape index (κ2) is 6.45. The van der Waals surface area contributed by atoms with Gasteiger partial charge in [-0.25, -0.2) is 4.68 Å². The molecule has 0 aliphatic heterocycles. The van der Waals surface area contributed by atoms with Crippen molar-refractivity contribution in [1.29, 1.82) is 0 Å². The van der Waals surface area contributed by atoms with Crippen LogP contribution in [0.5, 0.6) is 0 Å². The second-order valence-corrected chi connectivity index (χ2v) is 4.90. The summed E-state index contributed by atoms with van der Waals surface area (Å²) < 4.78 is 1.51. The molecule has 0 aliphatic rings. The van der Waals surface area contributed by atoms with Gasteiger partial charge < -0.3 is 10.4 Å². The predicted octanol–water partition coefficient (Wildman–Crippen LogP) is 0.943. The topological polar surface area (TPSA) is 92.9 Å². The van der Waals surface area contributed by atoms with Crippen molar-refractivity contribution in [2.75, 3.05) is 6.61 Å². The van der Waals surface area contributed by atoms with Crippen LogP contribution < -0.4 is 5.32 Å². The van der Waals surface area contributed by atoms with E-state index in [-0.39, 0.29) is 12.5 Å². The highest BCUT2D eigenvalue weighted by Gasteiger charge is 2.27. The quantitative estimate of drug-likeness (QED) is 0.825. The number of carbonyl (C=O) groups excluding carboxylic acids is 1. The van der Waals surface area contributed by atoms with Crippen LogP contribution in [0.1, 0.15) is 37.0 Å². The summed E-state index contributed by atoms with van der Waals surface area (Å²) in [6, 6.07) is 6.95. The van der Waals surface area contributed by atoms with E-state index in [1.54, 1.807) is 24.3 Å². The van der Waals surface area contributed by atoms with Crippen LogP contribution in [-0.2, 0) is 0 Å². The molecule has 0 saturated heterocycles. The van der Waals surface area contributed by atoms with Gasteiger partial charge in [0.1, 0.15) is 6.33 Å². The fourth-order valence-corrected chi connectivity index (χ4v) is 2.05. The number of hydrogen-bond acceptors (Lipinski definition) is 5. The molecule has 0 unspecified atom stereocenters. The molecule has 2 rings (SSSR count). The van der Waals surface area contributed by atoms with Gasteiger partial charge >= 0.3 is 0 Å². The number of aromatic nitrogens is 4. The predicted molar refractivity (Wildman–Crippen MR) is 77.0 cm³/mol. The molecular formula is C14H19N5O2. The van der Waals surface area contributed by atoms with Gasteiger partial charge in [-0.2, -0.15) is 0 Å². The fourth-order valence-electron chi connectivity index (χ4n) is 2.05. The Morgan fingerprint density at radius 3 is 2.43 bits per heavy atom. The van der Waals surface area contributed by atoms with E-state index in [0.717, 1.165) is 5.69 Å². The lowest BCUT2D eigenvalue weighted by Gasteiger charge is -2.30. The van der Waals surface area contributed by atoms with Crippen molar-refractivity contribution in [2.45, 2.75) is 32.2 Å². The van der Waals surface area contributed by atoms with Crippen LogP contribution in [-0.4, -0.2) is 43.4 Å². The van der Waals surface area contributed by atoms with E-state index in [1.165, 1.54) is 11.0 Å². The minimum Gasteiger partial charge on any atom is -0.394 e. The Labute approximate surface area is 123 Å². The van der Waals surface area contributed by atoms with Crippen molar-refractivity contribution < 1.29 is 9.90 Å². The van der Waals surface area contributed by atoms with Gasteiger partial charge in [-0.3, -0.25) is 4.79 Å². The number of benzene rings is 1. The summed E-state index contributed by atoms with van der Waals surface area (Å²) >= 11 is 0. The normalized spacial score (nSPS) is 11.4. The van der Waals surface area contributed by atoms with Crippen LogP contribution in [0.4, 0.5) is 0 Å². The summed E-state index contributed by atoms with van der Waals surface area (Å²) in [6.07, 6.45) is 2.84. The summed E-state index contributed by atoms with van der Waals surface area (Å²) in [5.74, 6) is -0.198. The van der Waals surface area contributed by atoms with Gasteiger partial charge in [-0.1, -0.05) is 13.8 Å². The largest absolute Gasteiger partial charge is 0.394 e. The summed E-state index contributed by atoms with van der Waals surface area (Å²) in [5.41, 5.74) is 0.744. The number of aliphatic hydroxyl groups is 1. The minimum absolute atomic E-state index is 0.0750. The van der Waals surface area contributed by atoms with E-state index in [1.807, 2.05) is 13.8 Å². The van der Waals surface area contributed by atoms with Crippen molar-refractivity contribution in [1.82, 2.24) is 25.5 Å². The van der Waals surface area contributed by atoms with Gasteiger partial charge in [0.15, 0.2) is 0 Å². The first-order chi connectivity index (χ1) is 10.1. The molecule has 2 N–H and O–H groups in total. The van der Waals surface area contributed by atoms with E-state index in [0.29, 0.717) is 18.4 Å². The van der Waals surface area contributed by atoms with Crippen LogP contribution >= 0.6 is 0 Å². The summed E-state index contributed by atoms with van der Waals surface area (Å²) in [6.45, 7) is 3.82. The Morgan fingerprint density at radius 1 is 1.29 bits per heavy atom. The molecule has 0 radical (unpaired) electrons. The van der Waals surface area contributed by atoms with Crippen LogP contribution in [0, 0.1) is 0 Å². The van der Waals surface area contributed by atoms with Gasteiger partial charge in [0.2, 0.25) is 0 Å². The highest BCUT2D eigenvalue weighted by Crippen LogP contribution is 2.16. The third-order valence-electron chi connectivity index (χ3n) is 3.78. The number of nitrogens with zero attached hydrogens (tertiary/aromatic N) is 4. The zero-order chi connectivity index (χ0) is 15.3. The first kappa shape index (κ1) is 15.1. The van der Waals surface area contributed by atoms with E-state index >= 15 is 0 Å². The molecule has 2 aromatic rings. The third kappa shape index (κ3) is 3.25. The van der Waals surface area contributed by atoms with Crippen molar-refractivity contribution in [3.8, 4) is 5.69 Å². The zero-order valence-corrected chi connectivity index (χ0v) is 12.2. The van der Waals surface area contributed by atoms with E-state index in [4.69, 9.17) is 0 Å². The number of aliphatic hydroxyl groups excluding tert-OH is 1. The molecular weight excluding hydrogens is 270 g/mol. The molecule has 1 aromatic heterocycles. The third-order valence-corrected chi connectivity index (χ3v) is 3.78. The van der Waals surface area contributed by atoms with Gasteiger partial charge in [0.25, 0.3) is 5.91 Å². The van der Waals surface area contributed by atoms with E-state index < -0.39 is 5.54 Å². The number of tetrazole rings is 1. The molecule has 0 atom stereocenters. The smallest absolute Gasteiger partial charge is 0.251 e. The number of hydrogen-bond donors (Lipinski definition) is 2. The molecule has 0 saturated carbocycles. The highest BCUT2D eigenvalue weighted by atomic mass is 16.3. The highest BCUT2D eigenvalue weighted by molar-refractivity contribution is 5.94. The molecule has 0 spiro atoms. The summed E-state index contributed by atoms with van der Waals surface area (Å²) in [5, 5.41) is 23.3. The Hall–Kier alpha value is -2.28. The van der Waals surface area contributed by atoms with Gasteiger partial charge in [0.05, 0.1) is 17.8 Å². The lowest BCUT2D eigenvalue weighted by molar-refractivity contribution is 0.0818. The van der Waals surface area contributed by atoms with Gasteiger partial charge in [0, 0.05) is 5.56 Å². The monoisotopic (exact) mass is 289 g/mol. The molecule has 7 heteroatoms. The molecule has 1 amide bonds. The first-order valence-electron chi connectivity index (χ1n) is 6.91. The second-order valence-electron chi connectivity index (χ2n) is 4.90. The fraction of sp³-hybridized carbons (Fsp3) is 0.429. The Morgan fingerprint density at radius 2 is 1.95 bits per heavy atom. The average molecular weight is 289 g/mol. The Bertz CT molecular complexity index is 568. The molecule has 21 heavy (non-hydrogen) atoms. The minimum atomic E-state index is -0.564. The van der Waals surface area contributed by atoms with Crippen LogP contribution in [0.15, 0.2) is 30.6 Å². The summed E-state index contributed by atoms with van der Waals surface area (Å²) in [4.78, 5) is 12.3. The maximum absolute atomic E-state index is 12.3. The zero-order valence-electron chi connectivity index (χ0n) is 12.2. The standard InChI is InChI=1S/C14H19N5O2/c1-3-14(4-2,9-20)16-13(21)11-5-7-12(8-6-11)19-10-15-17-18-19/h5-8,10,20H,3-4,9H2,1-2H3,(H,16,21). The number of amides is 1. The molecule has 1 heterocycles. The lowest BCUT2D eigenvalue weighted by atomic mass is 9.93. The molecule has 1 aromatic carbocycles. The molecule has 112 valence electrons. The SMILES string of the molecule is CCC(CC)(CO)NC(=O)c1ccc(-n2cnnn2)cc1. The van der Waals surface area contributed by atoms with Gasteiger partial charge in [-0.15, -0.1) is 5.10 Å². The van der Waals surface area contributed by atoms with Crippen molar-refractivity contribution >= 4 is 5.91 Å². The first-order valence-corrected chi connectivity index (χ1v) is 6.91. The molecule has 0 aliphatic carbocycles. The number of carbonyl (C=O) groups is 1. The molecule has 7 nitrogen and oxygen atoms in total. The average Bonchev–Trinajstić information content (AvgIpc) is 3.07. The molecule has 0 fully saturated rings. The van der Waals surface area contributed by atoms with Crippen molar-refractivity contribution in [3.05, 3.63) is 36.2 Å². The maximum Gasteiger partial charge on any atom is 0.251 e. The Kier molecular flexibility index (Phi) is 4.64. The molecule has 0 bridgehead atoms. The number of rotatable bonds is 6. The van der Waals surface area contributed by atoms with Crippen LogP contribution in [0.25, 0.3) is 5.69 Å². The van der Waals surface area contributed by atoms with Gasteiger partial charge in [-0.05, 0) is 47.5 Å². The van der Waals surface area contributed by atoms with E-state index in [9.17, 15) is 9.90 Å². The maximum atomic E-state index is 12.3. The Balaban J connectivity index is 2.13. The van der Waals surface area contributed by atoms with Crippen LogP contribution in [0.2, 0.25) is 0 Å². The number of nitrogens with one attached hydrogen (secondary N) is 1.